The summed E-state index contributed by atoms with van der Waals surface area (Å²) in [7, 11) is 0. The molecule has 12 heavy (non-hydrogen) atoms. The number of unbranched alkanes of at least 4 members (excludes halogenated alkanes) is 1. The zero-order valence-electron chi connectivity index (χ0n) is 7.05. The number of aromatic nitrogens is 2. The molecule has 0 aliphatic carbocycles. The highest BCUT2D eigenvalue weighted by Gasteiger charge is 1.93. The highest BCUT2D eigenvalue weighted by molar-refractivity contribution is 6.28. The zero-order chi connectivity index (χ0) is 8.81. The highest BCUT2D eigenvalue weighted by atomic mass is 35.5. The van der Waals surface area contributed by atoms with Crippen LogP contribution in [0.3, 0.4) is 0 Å². The maximum atomic E-state index is 5.60. The molecule has 0 saturated carbocycles. The van der Waals surface area contributed by atoms with Gasteiger partial charge in [-0.1, -0.05) is 13.3 Å². The quantitative estimate of drug-likeness (QED) is 0.578. The maximum Gasteiger partial charge on any atom is 0.224 e. The summed E-state index contributed by atoms with van der Waals surface area (Å²) >= 11 is 5.60. The Labute approximate surface area is 77.2 Å². The largest absolute Gasteiger partial charge is 0.370 e. The lowest BCUT2D eigenvalue weighted by Crippen LogP contribution is -2.02. The van der Waals surface area contributed by atoms with E-state index in [0.717, 1.165) is 18.8 Å². The van der Waals surface area contributed by atoms with Gasteiger partial charge in [-0.25, -0.2) is 9.97 Å². The Bertz CT molecular complexity index is 239. The van der Waals surface area contributed by atoms with Crippen LogP contribution < -0.4 is 5.32 Å². The third-order valence-electron chi connectivity index (χ3n) is 1.46. The molecule has 0 bridgehead atoms. The van der Waals surface area contributed by atoms with Gasteiger partial charge >= 0.3 is 0 Å². The maximum absolute atomic E-state index is 5.60. The van der Waals surface area contributed by atoms with E-state index < -0.39 is 0 Å². The van der Waals surface area contributed by atoms with E-state index in [1.165, 1.54) is 6.42 Å². The van der Waals surface area contributed by atoms with Crippen LogP contribution >= 0.6 is 11.6 Å². The molecule has 0 spiro atoms. The number of halogens is 1. The van der Waals surface area contributed by atoms with Crippen molar-refractivity contribution in [2.75, 3.05) is 11.9 Å². The van der Waals surface area contributed by atoms with Crippen LogP contribution in [-0.4, -0.2) is 16.5 Å². The van der Waals surface area contributed by atoms with Gasteiger partial charge in [0, 0.05) is 12.7 Å². The molecule has 1 N–H and O–H groups in total. The monoisotopic (exact) mass is 185 g/mol. The molecule has 3 nitrogen and oxygen atoms in total. The first-order valence-corrected chi connectivity index (χ1v) is 4.43. The van der Waals surface area contributed by atoms with Gasteiger partial charge in [-0.3, -0.25) is 0 Å². The summed E-state index contributed by atoms with van der Waals surface area (Å²) in [5.74, 6) is 0.795. The molecule has 0 aliphatic heterocycles. The second-order valence-corrected chi connectivity index (χ2v) is 2.83. The van der Waals surface area contributed by atoms with Gasteiger partial charge in [-0.15, -0.1) is 0 Å². The summed E-state index contributed by atoms with van der Waals surface area (Å²) in [5, 5.41) is 3.44. The van der Waals surface area contributed by atoms with Crippen LogP contribution in [0.4, 0.5) is 5.82 Å². The van der Waals surface area contributed by atoms with E-state index in [1.807, 2.05) is 6.07 Å². The van der Waals surface area contributed by atoms with Crippen LogP contribution in [0.2, 0.25) is 5.28 Å². The van der Waals surface area contributed by atoms with Gasteiger partial charge in [-0.2, -0.15) is 0 Å². The number of hydrogen-bond acceptors (Lipinski definition) is 3. The first kappa shape index (κ1) is 9.26. The molecule has 1 heterocycles. The van der Waals surface area contributed by atoms with Gasteiger partial charge in [0.1, 0.15) is 5.82 Å². The summed E-state index contributed by atoms with van der Waals surface area (Å²) in [4.78, 5) is 7.77. The molecule has 1 aromatic rings. The Morgan fingerprint density at radius 3 is 3.08 bits per heavy atom. The van der Waals surface area contributed by atoms with E-state index in [0.29, 0.717) is 0 Å². The lowest BCUT2D eigenvalue weighted by atomic mass is 10.3. The molecular weight excluding hydrogens is 174 g/mol. The van der Waals surface area contributed by atoms with Crippen LogP contribution in [0.25, 0.3) is 0 Å². The lowest BCUT2D eigenvalue weighted by Gasteiger charge is -2.02. The van der Waals surface area contributed by atoms with Crippen molar-refractivity contribution in [3.63, 3.8) is 0 Å². The lowest BCUT2D eigenvalue weighted by molar-refractivity contribution is 0.830. The van der Waals surface area contributed by atoms with E-state index in [2.05, 4.69) is 22.2 Å². The molecule has 0 radical (unpaired) electrons. The SMILES string of the molecule is CCCCNc1ccnc(Cl)n1. The van der Waals surface area contributed by atoms with Gasteiger partial charge in [0.25, 0.3) is 0 Å². The van der Waals surface area contributed by atoms with Crippen molar-refractivity contribution < 1.29 is 0 Å². The third-order valence-corrected chi connectivity index (χ3v) is 1.64. The molecule has 0 amide bonds. The molecule has 0 fully saturated rings. The van der Waals surface area contributed by atoms with Crippen molar-refractivity contribution in [3.05, 3.63) is 17.5 Å². The summed E-state index contributed by atoms with van der Waals surface area (Å²) in [5.41, 5.74) is 0. The minimum Gasteiger partial charge on any atom is -0.370 e. The number of nitrogens with one attached hydrogen (secondary N) is 1. The number of hydrogen-bond donors (Lipinski definition) is 1. The molecular formula is C8H12ClN3. The number of nitrogens with zero attached hydrogens (tertiary/aromatic N) is 2. The molecule has 4 heteroatoms. The predicted octanol–water partition coefficient (Wildman–Crippen LogP) is 2.34. The Hall–Kier alpha value is -0.830. The van der Waals surface area contributed by atoms with Crippen molar-refractivity contribution in [1.29, 1.82) is 0 Å². The summed E-state index contributed by atoms with van der Waals surface area (Å²) in [6, 6.07) is 1.81. The summed E-state index contributed by atoms with van der Waals surface area (Å²) in [6.45, 7) is 3.08. The molecule has 1 aromatic heterocycles. The van der Waals surface area contributed by atoms with E-state index in [4.69, 9.17) is 11.6 Å². The van der Waals surface area contributed by atoms with Crippen LogP contribution in [0.15, 0.2) is 12.3 Å². The average molecular weight is 186 g/mol. The molecule has 0 aliphatic rings. The second-order valence-electron chi connectivity index (χ2n) is 2.49. The van der Waals surface area contributed by atoms with Crippen molar-refractivity contribution in [2.45, 2.75) is 19.8 Å². The smallest absolute Gasteiger partial charge is 0.224 e. The standard InChI is InChI=1S/C8H12ClN3/c1-2-3-5-10-7-4-6-11-8(9)12-7/h4,6H,2-3,5H2,1H3,(H,10,11,12). The normalized spacial score (nSPS) is 9.83. The van der Waals surface area contributed by atoms with Gasteiger partial charge in [0.2, 0.25) is 5.28 Å². The average Bonchev–Trinajstić information content (AvgIpc) is 2.05. The van der Waals surface area contributed by atoms with Crippen LogP contribution in [-0.2, 0) is 0 Å². The Morgan fingerprint density at radius 2 is 2.42 bits per heavy atom. The van der Waals surface area contributed by atoms with Crippen molar-refractivity contribution in [1.82, 2.24) is 9.97 Å². The van der Waals surface area contributed by atoms with Crippen LogP contribution in [0, 0.1) is 0 Å². The van der Waals surface area contributed by atoms with Crippen molar-refractivity contribution in [3.8, 4) is 0 Å². The fourth-order valence-corrected chi connectivity index (χ4v) is 0.974. The van der Waals surface area contributed by atoms with E-state index in [1.54, 1.807) is 6.20 Å². The number of anilines is 1. The first-order valence-electron chi connectivity index (χ1n) is 4.05. The molecule has 0 unspecified atom stereocenters. The fourth-order valence-electron chi connectivity index (χ4n) is 0.827. The van der Waals surface area contributed by atoms with Gasteiger partial charge in [-0.05, 0) is 24.1 Å². The molecule has 1 rings (SSSR count). The summed E-state index contributed by atoms with van der Waals surface area (Å²) in [6.07, 6.45) is 3.96. The van der Waals surface area contributed by atoms with E-state index in [9.17, 15) is 0 Å². The third kappa shape index (κ3) is 3.05. The molecule has 0 atom stereocenters. The fraction of sp³-hybridized carbons (Fsp3) is 0.500. The van der Waals surface area contributed by atoms with Gasteiger partial charge < -0.3 is 5.32 Å². The Morgan fingerprint density at radius 1 is 1.58 bits per heavy atom. The van der Waals surface area contributed by atoms with E-state index >= 15 is 0 Å². The minimum atomic E-state index is 0.288. The van der Waals surface area contributed by atoms with E-state index in [-0.39, 0.29) is 5.28 Å². The van der Waals surface area contributed by atoms with Crippen LogP contribution in [0.5, 0.6) is 0 Å². The minimum absolute atomic E-state index is 0.288. The van der Waals surface area contributed by atoms with Crippen LogP contribution in [0.1, 0.15) is 19.8 Å². The zero-order valence-corrected chi connectivity index (χ0v) is 7.80. The van der Waals surface area contributed by atoms with Crippen molar-refractivity contribution >= 4 is 17.4 Å². The summed E-state index contributed by atoms with van der Waals surface area (Å²) < 4.78 is 0. The molecule has 66 valence electrons. The topological polar surface area (TPSA) is 37.8 Å². The first-order chi connectivity index (χ1) is 5.83. The van der Waals surface area contributed by atoms with Gasteiger partial charge in [0.05, 0.1) is 0 Å². The molecule has 0 saturated heterocycles. The Balaban J connectivity index is 2.41. The highest BCUT2D eigenvalue weighted by Crippen LogP contribution is 2.05. The molecule has 0 aromatic carbocycles. The predicted molar refractivity (Wildman–Crippen MR) is 50.4 cm³/mol. The van der Waals surface area contributed by atoms with Crippen molar-refractivity contribution in [2.24, 2.45) is 0 Å². The number of rotatable bonds is 4. The Kier molecular flexibility index (Phi) is 3.80. The second kappa shape index (κ2) is 4.93. The van der Waals surface area contributed by atoms with Gasteiger partial charge in [0.15, 0.2) is 0 Å².